The highest BCUT2D eigenvalue weighted by Gasteiger charge is 2.49. The van der Waals surface area contributed by atoms with E-state index >= 15 is 4.39 Å². The van der Waals surface area contributed by atoms with E-state index in [9.17, 15) is 9.59 Å². The smallest absolute Gasteiger partial charge is 0.427 e. The van der Waals surface area contributed by atoms with Gasteiger partial charge in [-0.1, -0.05) is 6.07 Å². The lowest BCUT2D eigenvalue weighted by atomic mass is 9.77. The van der Waals surface area contributed by atoms with E-state index in [1.165, 1.54) is 32.2 Å². The zero-order chi connectivity index (χ0) is 27.1. The number of halogens is 1. The van der Waals surface area contributed by atoms with E-state index in [1.54, 1.807) is 36.8 Å². The summed E-state index contributed by atoms with van der Waals surface area (Å²) in [5, 5.41) is 1.57. The van der Waals surface area contributed by atoms with Gasteiger partial charge in [0.05, 0.1) is 11.1 Å². The number of carbonyl (C=O) groups is 2. The summed E-state index contributed by atoms with van der Waals surface area (Å²) in [6.07, 6.45) is 8.28. The molecule has 8 heteroatoms. The normalized spacial score (nSPS) is 28.7. The Hall–Kier alpha value is -2.19. The van der Waals surface area contributed by atoms with Gasteiger partial charge in [-0.3, -0.25) is 9.69 Å². The van der Waals surface area contributed by atoms with Crippen molar-refractivity contribution in [3.63, 3.8) is 0 Å². The summed E-state index contributed by atoms with van der Waals surface area (Å²) >= 11 is 0. The van der Waals surface area contributed by atoms with Crippen molar-refractivity contribution in [2.75, 3.05) is 31.1 Å². The average Bonchev–Trinajstić information content (AvgIpc) is 3.43. The Morgan fingerprint density at radius 3 is 2.29 bits per heavy atom. The van der Waals surface area contributed by atoms with Gasteiger partial charge >= 0.3 is 6.16 Å². The van der Waals surface area contributed by atoms with Crippen LogP contribution in [0.15, 0.2) is 18.2 Å². The Balaban J connectivity index is 1.16. The van der Waals surface area contributed by atoms with Crippen LogP contribution in [0.25, 0.3) is 0 Å². The van der Waals surface area contributed by atoms with Crippen LogP contribution in [0.4, 0.5) is 14.9 Å². The lowest BCUT2D eigenvalue weighted by Gasteiger charge is -2.37. The minimum absolute atomic E-state index is 0.0127. The molecule has 4 fully saturated rings. The first kappa shape index (κ1) is 27.4. The molecule has 1 aliphatic carbocycles. The van der Waals surface area contributed by atoms with Gasteiger partial charge in [-0.2, -0.15) is 0 Å². The standard InChI is InChI=1S/C30H44FN3O4/c1-21-6-5-16-33(21)24-10-7-22(8-11-24)23-9-12-26(25(31)20-23)34-19-15-30(27(34)35)13-17-32(18-14-30)38-28(36)37-29(2,3)4/h9,12,20-22,24H,5-8,10-11,13-19H2,1-4H3/t21-,22?,24?/m0/s1. The van der Waals surface area contributed by atoms with Crippen molar-refractivity contribution >= 4 is 17.7 Å². The van der Waals surface area contributed by atoms with Crippen molar-refractivity contribution in [3.05, 3.63) is 29.6 Å². The lowest BCUT2D eigenvalue weighted by molar-refractivity contribution is -0.166. The van der Waals surface area contributed by atoms with Crippen LogP contribution in [-0.2, 0) is 14.4 Å². The first-order chi connectivity index (χ1) is 18.0. The van der Waals surface area contributed by atoms with Crippen LogP contribution in [0.5, 0.6) is 0 Å². The number of hydroxylamine groups is 2. The Labute approximate surface area is 226 Å². The minimum Gasteiger partial charge on any atom is -0.427 e. The number of amides is 1. The minimum atomic E-state index is -0.728. The van der Waals surface area contributed by atoms with E-state index in [0.717, 1.165) is 18.4 Å². The largest absolute Gasteiger partial charge is 0.528 e. The average molecular weight is 530 g/mol. The molecule has 7 nitrogen and oxygen atoms in total. The van der Waals surface area contributed by atoms with Crippen molar-refractivity contribution in [1.82, 2.24) is 9.96 Å². The zero-order valence-corrected chi connectivity index (χ0v) is 23.5. The van der Waals surface area contributed by atoms with Crippen LogP contribution in [0.2, 0.25) is 0 Å². The van der Waals surface area contributed by atoms with Crippen LogP contribution in [0, 0.1) is 11.2 Å². The Morgan fingerprint density at radius 2 is 1.68 bits per heavy atom. The Bertz CT molecular complexity index is 1020. The summed E-state index contributed by atoms with van der Waals surface area (Å²) in [7, 11) is 0. The number of rotatable bonds is 4. The Morgan fingerprint density at radius 1 is 1.00 bits per heavy atom. The molecule has 1 saturated carbocycles. The summed E-state index contributed by atoms with van der Waals surface area (Å²) in [5.41, 5.74) is 0.307. The molecule has 1 aromatic carbocycles. The molecule has 3 aliphatic heterocycles. The van der Waals surface area contributed by atoms with Gasteiger partial charge in [0.2, 0.25) is 5.91 Å². The SMILES string of the molecule is C[C@H]1CCCN1C1CCC(c2ccc(N3CCC4(CCN(OC(=O)OC(C)(C)C)CC4)C3=O)c(F)c2)CC1. The quantitative estimate of drug-likeness (QED) is 0.445. The van der Waals surface area contributed by atoms with Gasteiger partial charge < -0.3 is 14.5 Å². The van der Waals surface area contributed by atoms with Gasteiger partial charge in [0.1, 0.15) is 11.4 Å². The number of hydrogen-bond donors (Lipinski definition) is 0. The summed E-state index contributed by atoms with van der Waals surface area (Å²) in [6.45, 7) is 10.4. The Kier molecular flexibility index (Phi) is 7.75. The molecule has 1 atom stereocenters. The van der Waals surface area contributed by atoms with Crippen LogP contribution in [0.1, 0.15) is 97.0 Å². The van der Waals surface area contributed by atoms with Gasteiger partial charge in [-0.05, 0) is 116 Å². The van der Waals surface area contributed by atoms with Crippen molar-refractivity contribution in [2.45, 2.75) is 109 Å². The van der Waals surface area contributed by atoms with Gasteiger partial charge in [0.25, 0.3) is 0 Å². The number of anilines is 1. The molecule has 0 bridgehead atoms. The number of hydrogen-bond acceptors (Lipinski definition) is 6. The molecular weight excluding hydrogens is 485 g/mol. The van der Waals surface area contributed by atoms with E-state index < -0.39 is 17.2 Å². The number of piperidine rings is 1. The number of benzene rings is 1. The zero-order valence-electron chi connectivity index (χ0n) is 23.5. The highest BCUT2D eigenvalue weighted by molar-refractivity contribution is 6.00. The van der Waals surface area contributed by atoms with E-state index in [4.69, 9.17) is 9.57 Å². The summed E-state index contributed by atoms with van der Waals surface area (Å²) in [5.74, 6) is 0.0813. The predicted octanol–water partition coefficient (Wildman–Crippen LogP) is 6.02. The fraction of sp³-hybridized carbons (Fsp3) is 0.733. The fourth-order valence-electron chi connectivity index (χ4n) is 7.13. The van der Waals surface area contributed by atoms with Gasteiger partial charge in [0, 0.05) is 31.7 Å². The van der Waals surface area contributed by atoms with Gasteiger partial charge in [0.15, 0.2) is 0 Å². The molecular formula is C30H44FN3O4. The molecule has 38 heavy (non-hydrogen) atoms. The highest BCUT2D eigenvalue weighted by atomic mass is 19.1. The molecule has 0 N–H and O–H groups in total. The van der Waals surface area contributed by atoms with Gasteiger partial charge in [-0.15, -0.1) is 5.06 Å². The van der Waals surface area contributed by atoms with E-state index in [2.05, 4.69) is 11.8 Å². The molecule has 0 aromatic heterocycles. The third-order valence-corrected chi connectivity index (χ3v) is 9.29. The van der Waals surface area contributed by atoms with Crippen molar-refractivity contribution in [3.8, 4) is 0 Å². The van der Waals surface area contributed by atoms with E-state index in [-0.39, 0.29) is 11.7 Å². The molecule has 1 spiro atoms. The van der Waals surface area contributed by atoms with Crippen molar-refractivity contribution < 1.29 is 23.6 Å². The monoisotopic (exact) mass is 529 g/mol. The maximum atomic E-state index is 15.4. The van der Waals surface area contributed by atoms with Crippen molar-refractivity contribution in [2.24, 2.45) is 5.41 Å². The molecule has 1 amide bonds. The molecule has 3 saturated heterocycles. The summed E-state index contributed by atoms with van der Waals surface area (Å²) < 4.78 is 20.6. The highest BCUT2D eigenvalue weighted by Crippen LogP contribution is 2.44. The number of likely N-dealkylation sites (tertiary alicyclic amines) is 1. The molecule has 3 heterocycles. The second-order valence-electron chi connectivity index (χ2n) is 12.9. The number of nitrogens with zero attached hydrogens (tertiary/aromatic N) is 3. The lowest BCUT2D eigenvalue weighted by Crippen LogP contribution is -2.45. The second kappa shape index (κ2) is 10.8. The van der Waals surface area contributed by atoms with Crippen LogP contribution in [-0.4, -0.2) is 65.9 Å². The first-order valence-electron chi connectivity index (χ1n) is 14.6. The third-order valence-electron chi connectivity index (χ3n) is 9.29. The molecule has 4 aliphatic rings. The van der Waals surface area contributed by atoms with E-state index in [1.807, 2.05) is 12.1 Å². The molecule has 0 unspecified atom stereocenters. The molecule has 210 valence electrons. The predicted molar refractivity (Wildman–Crippen MR) is 144 cm³/mol. The first-order valence-corrected chi connectivity index (χ1v) is 14.6. The van der Waals surface area contributed by atoms with Crippen LogP contribution in [0.3, 0.4) is 0 Å². The summed E-state index contributed by atoms with van der Waals surface area (Å²) in [4.78, 5) is 35.2. The molecule has 5 rings (SSSR count). The van der Waals surface area contributed by atoms with Crippen LogP contribution < -0.4 is 4.90 Å². The maximum absolute atomic E-state index is 15.4. The van der Waals surface area contributed by atoms with Crippen molar-refractivity contribution in [1.29, 1.82) is 0 Å². The number of ether oxygens (including phenoxy) is 1. The topological polar surface area (TPSA) is 62.3 Å². The molecule has 0 radical (unpaired) electrons. The maximum Gasteiger partial charge on any atom is 0.528 e. The fourth-order valence-corrected chi connectivity index (χ4v) is 7.13. The van der Waals surface area contributed by atoms with E-state index in [0.29, 0.717) is 62.6 Å². The number of carbonyl (C=O) groups excluding carboxylic acids is 2. The van der Waals surface area contributed by atoms with Gasteiger partial charge in [-0.25, -0.2) is 9.18 Å². The second-order valence-corrected chi connectivity index (χ2v) is 12.9. The molecule has 1 aromatic rings. The van der Waals surface area contributed by atoms with Crippen LogP contribution >= 0.6 is 0 Å². The summed E-state index contributed by atoms with van der Waals surface area (Å²) in [6, 6.07) is 6.90. The third kappa shape index (κ3) is 5.71.